The molecular weight excluding hydrogens is 291 g/mol. The van der Waals surface area contributed by atoms with Gasteiger partial charge in [-0.3, -0.25) is 4.79 Å². The lowest BCUT2D eigenvalue weighted by Crippen LogP contribution is -2.36. The van der Waals surface area contributed by atoms with E-state index in [1.165, 1.54) is 7.11 Å². The Hall–Kier alpha value is -0.530. The predicted octanol–water partition coefficient (Wildman–Crippen LogP) is 4.04. The second kappa shape index (κ2) is 7.91. The molecule has 0 amide bonds. The molecule has 0 aromatic rings. The third-order valence-electron chi connectivity index (χ3n) is 2.38. The summed E-state index contributed by atoms with van der Waals surface area (Å²) in [6.45, 7) is 1.84. The van der Waals surface area contributed by atoms with Gasteiger partial charge in [0.1, 0.15) is 5.25 Å². The van der Waals surface area contributed by atoms with E-state index < -0.39 is 29.7 Å². The maximum Gasteiger partial charge on any atom is 0.453 e. The number of ether oxygens (including phenoxy) is 1. The molecule has 0 rings (SSSR count). The highest BCUT2D eigenvalue weighted by molar-refractivity contribution is 8.00. The summed E-state index contributed by atoms with van der Waals surface area (Å²) in [6, 6.07) is 0. The molecule has 0 radical (unpaired) electrons. The predicted molar refractivity (Wildman–Crippen MR) is 63.4 cm³/mol. The van der Waals surface area contributed by atoms with Crippen LogP contribution in [0.25, 0.3) is 0 Å². The lowest BCUT2D eigenvalue weighted by Gasteiger charge is -2.19. The Morgan fingerprint density at radius 3 is 2.26 bits per heavy atom. The van der Waals surface area contributed by atoms with Crippen LogP contribution in [0.1, 0.15) is 32.6 Å². The Labute approximate surface area is 113 Å². The minimum absolute atomic E-state index is 0.0609. The van der Waals surface area contributed by atoms with Crippen molar-refractivity contribution in [2.24, 2.45) is 0 Å². The Morgan fingerprint density at radius 2 is 1.84 bits per heavy atom. The summed E-state index contributed by atoms with van der Waals surface area (Å²) in [4.78, 5) is 11.3. The highest BCUT2D eigenvalue weighted by Crippen LogP contribution is 2.39. The van der Waals surface area contributed by atoms with Gasteiger partial charge in [0.2, 0.25) is 0 Å². The van der Waals surface area contributed by atoms with E-state index >= 15 is 0 Å². The standard InChI is InChI=1S/C11H17F5O2S/c1-3-5-8(9(17)18-2)19-7-4-6-10(12,13)11(14,15)16/h8H,3-7H2,1-2H3. The first kappa shape index (κ1) is 18.5. The fourth-order valence-corrected chi connectivity index (χ4v) is 2.55. The van der Waals surface area contributed by atoms with Crippen molar-refractivity contribution in [3.05, 3.63) is 0 Å². The molecule has 0 aliphatic carbocycles. The van der Waals surface area contributed by atoms with E-state index in [0.717, 1.165) is 11.8 Å². The summed E-state index contributed by atoms with van der Waals surface area (Å²) in [5.41, 5.74) is 0. The SMILES string of the molecule is CCCC(SCCCC(F)(F)C(F)(F)F)C(=O)OC. The van der Waals surface area contributed by atoms with Gasteiger partial charge in [-0.05, 0) is 18.6 Å². The fourth-order valence-electron chi connectivity index (χ4n) is 1.32. The van der Waals surface area contributed by atoms with Gasteiger partial charge in [0, 0.05) is 6.42 Å². The maximum absolute atomic E-state index is 12.6. The summed E-state index contributed by atoms with van der Waals surface area (Å²) < 4.78 is 65.4. The van der Waals surface area contributed by atoms with E-state index in [1.54, 1.807) is 0 Å². The van der Waals surface area contributed by atoms with Crippen LogP contribution >= 0.6 is 11.8 Å². The van der Waals surface area contributed by atoms with Gasteiger partial charge in [-0.25, -0.2) is 0 Å². The number of esters is 1. The Morgan fingerprint density at radius 1 is 1.26 bits per heavy atom. The average Bonchev–Trinajstić information content (AvgIpc) is 2.30. The van der Waals surface area contributed by atoms with Crippen LogP contribution in [0.5, 0.6) is 0 Å². The zero-order valence-electron chi connectivity index (χ0n) is 10.7. The maximum atomic E-state index is 12.6. The monoisotopic (exact) mass is 308 g/mol. The molecule has 114 valence electrons. The van der Waals surface area contributed by atoms with Crippen LogP contribution in [-0.2, 0) is 9.53 Å². The van der Waals surface area contributed by atoms with Crippen molar-refractivity contribution in [2.75, 3.05) is 12.9 Å². The number of hydrogen-bond acceptors (Lipinski definition) is 3. The number of alkyl halides is 5. The molecule has 0 saturated heterocycles. The number of halogens is 5. The second-order valence-corrected chi connectivity index (χ2v) is 5.29. The third-order valence-corrected chi connectivity index (χ3v) is 3.74. The zero-order chi connectivity index (χ0) is 15.1. The normalized spacial score (nSPS) is 14.3. The average molecular weight is 308 g/mol. The number of thioether (sulfide) groups is 1. The van der Waals surface area contributed by atoms with Crippen molar-refractivity contribution in [1.82, 2.24) is 0 Å². The van der Waals surface area contributed by atoms with Crippen LogP contribution in [0.2, 0.25) is 0 Å². The number of rotatable bonds is 8. The fraction of sp³-hybridized carbons (Fsp3) is 0.909. The number of methoxy groups -OCH3 is 1. The Balaban J connectivity index is 4.11. The zero-order valence-corrected chi connectivity index (χ0v) is 11.5. The molecule has 0 bridgehead atoms. The topological polar surface area (TPSA) is 26.3 Å². The number of carbonyl (C=O) groups is 1. The molecule has 19 heavy (non-hydrogen) atoms. The molecule has 0 spiro atoms. The highest BCUT2D eigenvalue weighted by Gasteiger charge is 2.56. The Bertz CT molecular complexity index is 281. The summed E-state index contributed by atoms with van der Waals surface area (Å²) in [7, 11) is 1.21. The molecule has 0 heterocycles. The van der Waals surface area contributed by atoms with Gasteiger partial charge in [0.15, 0.2) is 0 Å². The third kappa shape index (κ3) is 6.44. The first-order valence-corrected chi connectivity index (χ1v) is 6.84. The molecule has 1 atom stereocenters. The summed E-state index contributed by atoms with van der Waals surface area (Å²) in [5.74, 6) is -5.08. The largest absolute Gasteiger partial charge is 0.468 e. The van der Waals surface area contributed by atoms with E-state index in [4.69, 9.17) is 0 Å². The summed E-state index contributed by atoms with van der Waals surface area (Å²) in [5, 5.41) is -0.505. The van der Waals surface area contributed by atoms with Crippen LogP contribution in [-0.4, -0.2) is 36.2 Å². The van der Waals surface area contributed by atoms with Gasteiger partial charge >= 0.3 is 18.1 Å². The van der Waals surface area contributed by atoms with E-state index in [0.29, 0.717) is 12.8 Å². The molecule has 0 N–H and O–H groups in total. The molecule has 0 aliphatic rings. The number of carbonyl (C=O) groups excluding carboxylic acids is 1. The van der Waals surface area contributed by atoms with E-state index in [1.807, 2.05) is 6.92 Å². The minimum atomic E-state index is -5.51. The lowest BCUT2D eigenvalue weighted by molar-refractivity contribution is -0.284. The second-order valence-electron chi connectivity index (χ2n) is 3.98. The van der Waals surface area contributed by atoms with Crippen molar-refractivity contribution >= 4 is 17.7 Å². The van der Waals surface area contributed by atoms with Crippen molar-refractivity contribution in [3.8, 4) is 0 Å². The van der Waals surface area contributed by atoms with E-state index in [9.17, 15) is 26.7 Å². The van der Waals surface area contributed by atoms with Crippen molar-refractivity contribution in [2.45, 2.75) is 50.0 Å². The number of hydrogen-bond donors (Lipinski definition) is 0. The van der Waals surface area contributed by atoms with Gasteiger partial charge in [-0.2, -0.15) is 22.0 Å². The van der Waals surface area contributed by atoms with Crippen molar-refractivity contribution in [3.63, 3.8) is 0 Å². The highest BCUT2D eigenvalue weighted by atomic mass is 32.2. The Kier molecular flexibility index (Phi) is 7.69. The molecule has 0 aromatic heterocycles. The molecule has 1 unspecified atom stereocenters. The summed E-state index contributed by atoms with van der Waals surface area (Å²) >= 11 is 1.05. The molecular formula is C11H17F5O2S. The van der Waals surface area contributed by atoms with Crippen molar-refractivity contribution < 1.29 is 31.5 Å². The lowest BCUT2D eigenvalue weighted by atomic mass is 10.2. The van der Waals surface area contributed by atoms with Gasteiger partial charge in [0.25, 0.3) is 0 Å². The molecule has 0 fully saturated rings. The van der Waals surface area contributed by atoms with Crippen LogP contribution < -0.4 is 0 Å². The van der Waals surface area contributed by atoms with E-state index in [-0.39, 0.29) is 12.2 Å². The first-order valence-electron chi connectivity index (χ1n) is 5.79. The van der Waals surface area contributed by atoms with Gasteiger partial charge in [-0.1, -0.05) is 13.3 Å². The molecule has 8 heteroatoms. The van der Waals surface area contributed by atoms with Crippen LogP contribution in [0, 0.1) is 0 Å². The smallest absolute Gasteiger partial charge is 0.453 e. The quantitative estimate of drug-likeness (QED) is 0.384. The minimum Gasteiger partial charge on any atom is -0.468 e. The molecule has 2 nitrogen and oxygen atoms in total. The van der Waals surface area contributed by atoms with Crippen LogP contribution in [0.3, 0.4) is 0 Å². The van der Waals surface area contributed by atoms with Gasteiger partial charge < -0.3 is 4.74 Å². The van der Waals surface area contributed by atoms with Crippen LogP contribution in [0.4, 0.5) is 22.0 Å². The van der Waals surface area contributed by atoms with E-state index in [2.05, 4.69) is 4.74 Å². The summed E-state index contributed by atoms with van der Waals surface area (Å²) in [6.07, 6.45) is -5.88. The van der Waals surface area contributed by atoms with Gasteiger partial charge in [-0.15, -0.1) is 11.8 Å². The first-order chi connectivity index (χ1) is 8.65. The van der Waals surface area contributed by atoms with Crippen molar-refractivity contribution in [1.29, 1.82) is 0 Å². The van der Waals surface area contributed by atoms with Crippen LogP contribution in [0.15, 0.2) is 0 Å². The molecule has 0 aromatic carbocycles. The molecule has 0 aliphatic heterocycles. The van der Waals surface area contributed by atoms with Gasteiger partial charge in [0.05, 0.1) is 7.11 Å². The molecule has 0 saturated carbocycles.